The highest BCUT2D eigenvalue weighted by Crippen LogP contribution is 2.44. The van der Waals surface area contributed by atoms with Crippen molar-refractivity contribution in [1.29, 1.82) is 0 Å². The molecule has 0 spiro atoms. The lowest BCUT2D eigenvalue weighted by atomic mass is 9.94. The van der Waals surface area contributed by atoms with E-state index in [1.807, 2.05) is 24.3 Å². The van der Waals surface area contributed by atoms with Crippen molar-refractivity contribution in [3.8, 4) is 28.2 Å². The molecule has 0 radical (unpaired) electrons. The standard InChI is InChI=1S/C40H25N3/c1-3-13-26(14-4-1)32-25-36-38(31-20-10-9-19-30(31)32)37-29-18-8-7-15-27(29)23-24-35(37)43(36)40-39(28-16-5-2-6-17-28)41-33-21-11-12-22-34(33)42-40/h1-25H. The molecule has 2 aromatic heterocycles. The monoisotopic (exact) mass is 547 g/mol. The van der Waals surface area contributed by atoms with Crippen molar-refractivity contribution in [2.75, 3.05) is 0 Å². The van der Waals surface area contributed by atoms with Gasteiger partial charge in [0.1, 0.15) is 5.69 Å². The van der Waals surface area contributed by atoms with Crippen LogP contribution >= 0.6 is 0 Å². The van der Waals surface area contributed by atoms with Gasteiger partial charge in [-0.2, -0.15) is 0 Å². The Morgan fingerprint density at radius 1 is 0.419 bits per heavy atom. The van der Waals surface area contributed by atoms with Crippen LogP contribution < -0.4 is 0 Å². The van der Waals surface area contributed by atoms with E-state index in [0.717, 1.165) is 39.1 Å². The van der Waals surface area contributed by atoms with Crippen LogP contribution in [0.15, 0.2) is 152 Å². The predicted octanol–water partition coefficient (Wildman–Crippen LogP) is 10.4. The fraction of sp³-hybridized carbons (Fsp3) is 0. The lowest BCUT2D eigenvalue weighted by molar-refractivity contribution is 1.08. The van der Waals surface area contributed by atoms with Crippen molar-refractivity contribution in [2.24, 2.45) is 0 Å². The first-order valence-electron chi connectivity index (χ1n) is 14.6. The van der Waals surface area contributed by atoms with Gasteiger partial charge < -0.3 is 0 Å². The highest BCUT2D eigenvalue weighted by molar-refractivity contribution is 6.30. The number of rotatable bonds is 3. The highest BCUT2D eigenvalue weighted by atomic mass is 15.1. The average molecular weight is 548 g/mol. The van der Waals surface area contributed by atoms with Gasteiger partial charge in [0.15, 0.2) is 5.82 Å². The van der Waals surface area contributed by atoms with Crippen LogP contribution in [0.1, 0.15) is 0 Å². The largest absolute Gasteiger partial charge is 0.292 e. The van der Waals surface area contributed by atoms with Crippen molar-refractivity contribution < 1.29 is 0 Å². The summed E-state index contributed by atoms with van der Waals surface area (Å²) >= 11 is 0. The smallest absolute Gasteiger partial charge is 0.165 e. The minimum absolute atomic E-state index is 0.828. The number of nitrogens with zero attached hydrogens (tertiary/aromatic N) is 3. The Morgan fingerprint density at radius 2 is 1.00 bits per heavy atom. The summed E-state index contributed by atoms with van der Waals surface area (Å²) in [6, 6.07) is 53.6. The summed E-state index contributed by atoms with van der Waals surface area (Å²) in [5.74, 6) is 0.828. The Hall–Kier alpha value is -5.80. The predicted molar refractivity (Wildman–Crippen MR) is 180 cm³/mol. The summed E-state index contributed by atoms with van der Waals surface area (Å²) in [6.45, 7) is 0. The summed E-state index contributed by atoms with van der Waals surface area (Å²) in [5.41, 5.74) is 8.28. The second-order valence-electron chi connectivity index (χ2n) is 11.0. The summed E-state index contributed by atoms with van der Waals surface area (Å²) in [5, 5.41) is 7.39. The number of hydrogen-bond donors (Lipinski definition) is 0. The Morgan fingerprint density at radius 3 is 1.77 bits per heavy atom. The van der Waals surface area contributed by atoms with Crippen LogP contribution in [0.25, 0.3) is 82.6 Å². The van der Waals surface area contributed by atoms with Gasteiger partial charge in [0, 0.05) is 16.3 Å². The van der Waals surface area contributed by atoms with Gasteiger partial charge in [-0.15, -0.1) is 0 Å². The molecule has 0 fully saturated rings. The van der Waals surface area contributed by atoms with E-state index in [-0.39, 0.29) is 0 Å². The number of para-hydroxylation sites is 2. The third-order valence-electron chi connectivity index (χ3n) is 8.56. The summed E-state index contributed by atoms with van der Waals surface area (Å²) in [7, 11) is 0. The van der Waals surface area contributed by atoms with E-state index in [1.54, 1.807) is 0 Å². The quantitative estimate of drug-likeness (QED) is 0.220. The molecule has 0 atom stereocenters. The van der Waals surface area contributed by atoms with E-state index in [1.165, 1.54) is 43.4 Å². The second-order valence-corrected chi connectivity index (χ2v) is 11.0. The SMILES string of the molecule is c1ccc(-c2nc3ccccc3nc2-n2c3ccc4ccccc4c3c3c4ccccc4c(-c4ccccc4)cc32)cc1. The molecule has 0 unspecified atom stereocenters. The third kappa shape index (κ3) is 3.62. The van der Waals surface area contributed by atoms with Crippen LogP contribution in [0.4, 0.5) is 0 Å². The Bertz CT molecular complexity index is 2490. The first-order chi connectivity index (χ1) is 21.3. The zero-order valence-corrected chi connectivity index (χ0v) is 23.3. The van der Waals surface area contributed by atoms with Crippen LogP contribution in [0.2, 0.25) is 0 Å². The maximum atomic E-state index is 5.36. The first-order valence-corrected chi connectivity index (χ1v) is 14.6. The molecule has 0 aliphatic carbocycles. The van der Waals surface area contributed by atoms with Gasteiger partial charge in [0.05, 0.1) is 22.1 Å². The van der Waals surface area contributed by atoms with E-state index in [4.69, 9.17) is 9.97 Å². The molecule has 2 heterocycles. The lowest BCUT2D eigenvalue weighted by Crippen LogP contribution is -2.03. The molecular formula is C40H25N3. The summed E-state index contributed by atoms with van der Waals surface area (Å²) in [4.78, 5) is 10.6. The molecule has 0 saturated heterocycles. The number of fused-ring (bicyclic) bond motifs is 8. The maximum Gasteiger partial charge on any atom is 0.165 e. The normalized spacial score (nSPS) is 11.7. The Labute approximate surface area is 248 Å². The molecule has 0 amide bonds. The van der Waals surface area contributed by atoms with Gasteiger partial charge in [-0.05, 0) is 56.9 Å². The van der Waals surface area contributed by atoms with Crippen molar-refractivity contribution in [2.45, 2.75) is 0 Å². The van der Waals surface area contributed by atoms with Gasteiger partial charge in [-0.1, -0.05) is 127 Å². The molecular weight excluding hydrogens is 522 g/mol. The van der Waals surface area contributed by atoms with Gasteiger partial charge in [-0.25, -0.2) is 9.97 Å². The van der Waals surface area contributed by atoms with Crippen molar-refractivity contribution >= 4 is 54.4 Å². The molecule has 0 saturated carbocycles. The zero-order valence-electron chi connectivity index (χ0n) is 23.3. The van der Waals surface area contributed by atoms with E-state index in [0.29, 0.717) is 0 Å². The molecule has 0 aliphatic rings. The van der Waals surface area contributed by atoms with Crippen LogP contribution in [0.5, 0.6) is 0 Å². The second kappa shape index (κ2) is 9.37. The molecule has 43 heavy (non-hydrogen) atoms. The van der Waals surface area contributed by atoms with Crippen molar-refractivity contribution in [3.63, 3.8) is 0 Å². The van der Waals surface area contributed by atoms with Gasteiger partial charge in [0.25, 0.3) is 0 Å². The van der Waals surface area contributed by atoms with Crippen molar-refractivity contribution in [1.82, 2.24) is 14.5 Å². The van der Waals surface area contributed by atoms with Crippen LogP contribution in [0.3, 0.4) is 0 Å². The van der Waals surface area contributed by atoms with E-state index in [9.17, 15) is 0 Å². The molecule has 3 nitrogen and oxygen atoms in total. The number of hydrogen-bond acceptors (Lipinski definition) is 2. The molecule has 9 aromatic rings. The molecule has 3 heteroatoms. The summed E-state index contributed by atoms with van der Waals surface area (Å²) in [6.07, 6.45) is 0. The highest BCUT2D eigenvalue weighted by Gasteiger charge is 2.23. The number of benzene rings is 7. The number of aromatic nitrogens is 3. The van der Waals surface area contributed by atoms with Crippen LogP contribution in [0, 0.1) is 0 Å². The van der Waals surface area contributed by atoms with Crippen molar-refractivity contribution in [3.05, 3.63) is 152 Å². The molecule has 0 bridgehead atoms. The zero-order chi connectivity index (χ0) is 28.3. The van der Waals surface area contributed by atoms with Crippen LogP contribution in [-0.2, 0) is 0 Å². The van der Waals surface area contributed by atoms with Gasteiger partial charge >= 0.3 is 0 Å². The van der Waals surface area contributed by atoms with E-state index in [2.05, 4.69) is 132 Å². The average Bonchev–Trinajstić information content (AvgIpc) is 3.43. The first kappa shape index (κ1) is 23.9. The lowest BCUT2D eigenvalue weighted by Gasteiger charge is -2.15. The van der Waals surface area contributed by atoms with Crippen LogP contribution in [-0.4, -0.2) is 14.5 Å². The van der Waals surface area contributed by atoms with E-state index >= 15 is 0 Å². The molecule has 9 rings (SSSR count). The van der Waals surface area contributed by atoms with Gasteiger partial charge in [-0.3, -0.25) is 4.57 Å². The molecule has 7 aromatic carbocycles. The minimum Gasteiger partial charge on any atom is -0.292 e. The Balaban J connectivity index is 1.54. The van der Waals surface area contributed by atoms with Gasteiger partial charge in [0.2, 0.25) is 0 Å². The molecule has 200 valence electrons. The van der Waals surface area contributed by atoms with E-state index < -0.39 is 0 Å². The molecule has 0 aliphatic heterocycles. The topological polar surface area (TPSA) is 30.7 Å². The summed E-state index contributed by atoms with van der Waals surface area (Å²) < 4.78 is 2.34. The Kier molecular flexibility index (Phi) is 5.20. The third-order valence-corrected chi connectivity index (χ3v) is 8.56. The fourth-order valence-electron chi connectivity index (χ4n) is 6.66. The fourth-order valence-corrected chi connectivity index (χ4v) is 6.66. The minimum atomic E-state index is 0.828. The maximum absolute atomic E-state index is 5.36. The molecule has 0 N–H and O–H groups in total.